The summed E-state index contributed by atoms with van der Waals surface area (Å²) in [6.45, 7) is 7.15. The standard InChI is InChI=1S/C10H23NOS/c1-5-8-13(4)9-6-7-11(13)10(2,3)12/h12H,5-9H2,1-4H3. The minimum atomic E-state index is -0.669. The lowest BCUT2D eigenvalue weighted by Gasteiger charge is -2.47. The Kier molecular flexibility index (Phi) is 3.31. The van der Waals surface area contributed by atoms with Crippen molar-refractivity contribution in [3.05, 3.63) is 0 Å². The van der Waals surface area contributed by atoms with Crippen molar-refractivity contribution < 1.29 is 5.11 Å². The van der Waals surface area contributed by atoms with E-state index in [0.717, 1.165) is 6.54 Å². The van der Waals surface area contributed by atoms with Crippen molar-refractivity contribution in [3.63, 3.8) is 0 Å². The number of nitrogens with zero attached hydrogens (tertiary/aromatic N) is 1. The van der Waals surface area contributed by atoms with Crippen LogP contribution in [0, 0.1) is 0 Å². The molecule has 0 radical (unpaired) electrons. The third-order valence-corrected chi connectivity index (χ3v) is 6.88. The number of hydrogen-bond acceptors (Lipinski definition) is 2. The predicted molar refractivity (Wildman–Crippen MR) is 61.2 cm³/mol. The van der Waals surface area contributed by atoms with Gasteiger partial charge in [0.25, 0.3) is 0 Å². The van der Waals surface area contributed by atoms with E-state index in [0.29, 0.717) is 0 Å². The number of aliphatic hydroxyl groups is 1. The summed E-state index contributed by atoms with van der Waals surface area (Å²) in [4.78, 5) is 0. The van der Waals surface area contributed by atoms with Crippen LogP contribution in [-0.2, 0) is 0 Å². The average Bonchev–Trinajstić information content (AvgIpc) is 2.30. The highest BCUT2D eigenvalue weighted by atomic mass is 32.3. The van der Waals surface area contributed by atoms with Crippen molar-refractivity contribution >= 4 is 10.2 Å². The zero-order valence-electron chi connectivity index (χ0n) is 9.34. The van der Waals surface area contributed by atoms with Crippen LogP contribution in [0.5, 0.6) is 0 Å². The van der Waals surface area contributed by atoms with Gasteiger partial charge in [0.05, 0.1) is 0 Å². The van der Waals surface area contributed by atoms with Crippen LogP contribution in [0.15, 0.2) is 0 Å². The third kappa shape index (κ3) is 2.39. The zero-order valence-corrected chi connectivity index (χ0v) is 10.2. The minimum Gasteiger partial charge on any atom is -0.375 e. The molecular weight excluding hydrogens is 182 g/mol. The van der Waals surface area contributed by atoms with E-state index in [1.165, 1.54) is 24.3 Å². The molecule has 0 amide bonds. The largest absolute Gasteiger partial charge is 0.375 e. The second kappa shape index (κ2) is 3.79. The first-order valence-electron chi connectivity index (χ1n) is 5.14. The molecule has 1 fully saturated rings. The van der Waals surface area contributed by atoms with Crippen LogP contribution in [0.3, 0.4) is 0 Å². The number of hydrogen-bond donors (Lipinski definition) is 1. The molecule has 3 heteroatoms. The molecule has 13 heavy (non-hydrogen) atoms. The Bertz CT molecular complexity index is 178. The molecule has 0 spiro atoms. The minimum absolute atomic E-state index is 0.615. The first kappa shape index (κ1) is 11.3. The fraction of sp³-hybridized carbons (Fsp3) is 1.00. The second-order valence-electron chi connectivity index (χ2n) is 4.58. The summed E-state index contributed by atoms with van der Waals surface area (Å²) in [6.07, 6.45) is 4.86. The third-order valence-electron chi connectivity index (χ3n) is 2.73. The van der Waals surface area contributed by atoms with Gasteiger partial charge < -0.3 is 5.11 Å². The van der Waals surface area contributed by atoms with E-state index in [1.54, 1.807) is 0 Å². The molecule has 1 aliphatic rings. The quantitative estimate of drug-likeness (QED) is 0.763. The lowest BCUT2D eigenvalue weighted by molar-refractivity contribution is -0.0189. The van der Waals surface area contributed by atoms with Crippen molar-refractivity contribution in [1.29, 1.82) is 0 Å². The van der Waals surface area contributed by atoms with Crippen LogP contribution in [0.25, 0.3) is 0 Å². The summed E-state index contributed by atoms with van der Waals surface area (Å²) >= 11 is 0. The second-order valence-corrected chi connectivity index (χ2v) is 8.28. The van der Waals surface area contributed by atoms with Gasteiger partial charge in [0, 0.05) is 6.54 Å². The molecule has 1 heterocycles. The molecule has 0 bridgehead atoms. The molecule has 2 nitrogen and oxygen atoms in total. The topological polar surface area (TPSA) is 23.5 Å². The van der Waals surface area contributed by atoms with Gasteiger partial charge in [0.2, 0.25) is 0 Å². The van der Waals surface area contributed by atoms with Crippen molar-refractivity contribution in [2.45, 2.75) is 39.3 Å². The Morgan fingerprint density at radius 1 is 1.46 bits per heavy atom. The van der Waals surface area contributed by atoms with Gasteiger partial charge in [-0.1, -0.05) is 6.92 Å². The summed E-state index contributed by atoms with van der Waals surface area (Å²) in [5, 5.41) is 10.0. The van der Waals surface area contributed by atoms with Gasteiger partial charge in [-0.15, -0.1) is 0 Å². The zero-order chi connectivity index (χ0) is 10.1. The van der Waals surface area contributed by atoms with Crippen molar-refractivity contribution in [2.24, 2.45) is 0 Å². The first-order valence-corrected chi connectivity index (χ1v) is 7.48. The van der Waals surface area contributed by atoms with Gasteiger partial charge in [-0.2, -0.15) is 10.2 Å². The van der Waals surface area contributed by atoms with E-state index in [4.69, 9.17) is 0 Å². The monoisotopic (exact) mass is 205 g/mol. The summed E-state index contributed by atoms with van der Waals surface area (Å²) in [5.74, 6) is 2.59. The van der Waals surface area contributed by atoms with Crippen LogP contribution >= 0.6 is 10.2 Å². The molecule has 0 aromatic carbocycles. The first-order chi connectivity index (χ1) is 5.90. The Morgan fingerprint density at radius 2 is 2.08 bits per heavy atom. The van der Waals surface area contributed by atoms with Crippen LogP contribution in [0.1, 0.15) is 33.6 Å². The Morgan fingerprint density at radius 3 is 2.54 bits per heavy atom. The number of rotatable bonds is 3. The summed E-state index contributed by atoms with van der Waals surface area (Å²) in [7, 11) is -0.669. The maximum atomic E-state index is 10.0. The van der Waals surface area contributed by atoms with E-state index >= 15 is 0 Å². The molecule has 0 aliphatic carbocycles. The van der Waals surface area contributed by atoms with E-state index in [-0.39, 0.29) is 0 Å². The molecule has 1 atom stereocenters. The maximum absolute atomic E-state index is 10.0. The maximum Gasteiger partial charge on any atom is 0.120 e. The molecule has 1 rings (SSSR count). The van der Waals surface area contributed by atoms with Crippen LogP contribution in [-0.4, -0.2) is 39.4 Å². The molecule has 0 aromatic heterocycles. The van der Waals surface area contributed by atoms with Gasteiger partial charge in [0.1, 0.15) is 5.72 Å². The van der Waals surface area contributed by atoms with Gasteiger partial charge >= 0.3 is 0 Å². The van der Waals surface area contributed by atoms with E-state index in [9.17, 15) is 5.11 Å². The fourth-order valence-corrected chi connectivity index (χ4v) is 6.24. The SMILES string of the molecule is CCCS1(C)CCCN1C(C)(C)O. The van der Waals surface area contributed by atoms with Gasteiger partial charge in [0.15, 0.2) is 0 Å². The fourth-order valence-electron chi connectivity index (χ4n) is 2.31. The molecule has 1 N–H and O–H groups in total. The molecule has 1 unspecified atom stereocenters. The van der Waals surface area contributed by atoms with Crippen LogP contribution in [0.4, 0.5) is 0 Å². The molecule has 0 saturated carbocycles. The summed E-state index contributed by atoms with van der Waals surface area (Å²) < 4.78 is 2.34. The van der Waals surface area contributed by atoms with Crippen molar-refractivity contribution in [2.75, 3.05) is 24.3 Å². The normalized spacial score (nSPS) is 36.1. The van der Waals surface area contributed by atoms with Crippen molar-refractivity contribution in [1.82, 2.24) is 4.31 Å². The Balaban J connectivity index is 2.73. The molecule has 80 valence electrons. The van der Waals surface area contributed by atoms with Gasteiger partial charge in [-0.25, -0.2) is 4.31 Å². The lowest BCUT2D eigenvalue weighted by Crippen LogP contribution is -2.43. The average molecular weight is 205 g/mol. The highest BCUT2D eigenvalue weighted by Crippen LogP contribution is 2.55. The smallest absolute Gasteiger partial charge is 0.120 e. The molecule has 1 saturated heterocycles. The highest BCUT2D eigenvalue weighted by Gasteiger charge is 2.38. The summed E-state index contributed by atoms with van der Waals surface area (Å²) in [5.41, 5.74) is -0.615. The molecule has 1 aliphatic heterocycles. The Labute approximate surface area is 83.8 Å². The van der Waals surface area contributed by atoms with E-state index < -0.39 is 15.9 Å². The van der Waals surface area contributed by atoms with E-state index in [2.05, 4.69) is 17.5 Å². The predicted octanol–water partition coefficient (Wildman–Crippen LogP) is 2.18. The summed E-state index contributed by atoms with van der Waals surface area (Å²) in [6, 6.07) is 0. The highest BCUT2D eigenvalue weighted by molar-refractivity contribution is 8.31. The van der Waals surface area contributed by atoms with Gasteiger partial charge in [-0.3, -0.25) is 0 Å². The Hall–Kier alpha value is 0.270. The van der Waals surface area contributed by atoms with Gasteiger partial charge in [-0.05, 0) is 44.5 Å². The van der Waals surface area contributed by atoms with Crippen molar-refractivity contribution in [3.8, 4) is 0 Å². The lowest BCUT2D eigenvalue weighted by atomic mass is 10.3. The molecular formula is C10H23NOS. The molecule has 0 aromatic rings. The van der Waals surface area contributed by atoms with Crippen LogP contribution < -0.4 is 0 Å². The van der Waals surface area contributed by atoms with E-state index in [1.807, 2.05) is 13.8 Å². The van der Waals surface area contributed by atoms with Crippen LogP contribution in [0.2, 0.25) is 0 Å².